The van der Waals surface area contributed by atoms with Crippen LogP contribution in [0.3, 0.4) is 0 Å². The Hall–Kier alpha value is -1.60. The molecule has 0 radical (unpaired) electrons. The van der Waals surface area contributed by atoms with Gasteiger partial charge in [-0.05, 0) is 6.07 Å². The molecule has 0 spiro atoms. The maximum Gasteiger partial charge on any atom is 0.331 e. The monoisotopic (exact) mass is 226 g/mol. The van der Waals surface area contributed by atoms with E-state index in [-0.39, 0.29) is 4.85 Å². The molecule has 1 aromatic heterocycles. The quantitative estimate of drug-likeness (QED) is 0.737. The molecule has 0 N–H and O–H groups in total. The molecule has 15 heavy (non-hydrogen) atoms. The molecule has 0 amide bonds. The van der Waals surface area contributed by atoms with E-state index in [2.05, 4.69) is 9.94 Å². The Balaban J connectivity index is 3.05. The van der Waals surface area contributed by atoms with Crippen LogP contribution in [0.5, 0.6) is 0 Å². The summed E-state index contributed by atoms with van der Waals surface area (Å²) in [5, 5.41) is 3.01. The molecule has 0 aliphatic carbocycles. The van der Waals surface area contributed by atoms with E-state index in [0.717, 1.165) is 6.92 Å². The van der Waals surface area contributed by atoms with E-state index >= 15 is 0 Å². The second kappa shape index (κ2) is 4.28. The number of hydrogen-bond acceptors (Lipinski definition) is 3. The third kappa shape index (κ3) is 2.67. The van der Waals surface area contributed by atoms with E-state index in [1.165, 1.54) is 0 Å². The molecule has 1 aromatic rings. The second-order valence-corrected chi connectivity index (χ2v) is 2.55. The summed E-state index contributed by atoms with van der Waals surface area (Å²) in [5.41, 5.74) is -1.76. The summed E-state index contributed by atoms with van der Waals surface area (Å²) in [6, 6.07) is 0.484. The molecule has 1 rings (SSSR count). The molecule has 0 aliphatic heterocycles. The first-order valence-corrected chi connectivity index (χ1v) is 3.77. The topological polar surface area (TPSA) is 44.1 Å². The van der Waals surface area contributed by atoms with Crippen molar-refractivity contribution in [1.29, 1.82) is 0 Å². The fraction of sp³-hybridized carbons (Fsp3) is 0.429. The lowest BCUT2D eigenvalue weighted by Gasteiger charge is -2.03. The average molecular weight is 226 g/mol. The molecule has 0 aliphatic rings. The summed E-state index contributed by atoms with van der Waals surface area (Å²) in [7, 11) is 0. The second-order valence-electron chi connectivity index (χ2n) is 2.55. The molecule has 0 unspecified atom stereocenters. The van der Waals surface area contributed by atoms with Gasteiger partial charge in [-0.3, -0.25) is 0 Å². The van der Waals surface area contributed by atoms with Crippen LogP contribution in [0.15, 0.2) is 6.07 Å². The Labute approximate surface area is 81.4 Å². The van der Waals surface area contributed by atoms with E-state index < -0.39 is 30.2 Å². The van der Waals surface area contributed by atoms with E-state index in [4.69, 9.17) is 0 Å². The number of carbonyl (C=O) groups is 1. The van der Waals surface area contributed by atoms with Crippen molar-refractivity contribution >= 4 is 5.97 Å². The van der Waals surface area contributed by atoms with Crippen LogP contribution in [0.2, 0.25) is 0 Å². The third-order valence-electron chi connectivity index (χ3n) is 1.39. The first kappa shape index (κ1) is 11.5. The molecule has 84 valence electrons. The van der Waals surface area contributed by atoms with Gasteiger partial charge in [0.2, 0.25) is 0 Å². The Morgan fingerprint density at radius 1 is 1.40 bits per heavy atom. The Bertz CT molecular complexity index is 364. The highest BCUT2D eigenvalue weighted by molar-refractivity contribution is 5.66. The van der Waals surface area contributed by atoms with Gasteiger partial charge in [-0.15, -0.1) is 5.10 Å². The Morgan fingerprint density at radius 3 is 2.40 bits per heavy atom. The molecule has 0 atom stereocenters. The summed E-state index contributed by atoms with van der Waals surface area (Å²) in [5.74, 6) is -0.930. The standard InChI is InChI=1S/C7H6F4N2O2/c1-3(14)15-13-5(7(10)11)2-4(12-13)6(8)9/h2,6-7H,1H3. The van der Waals surface area contributed by atoms with Crippen molar-refractivity contribution in [2.45, 2.75) is 19.8 Å². The van der Waals surface area contributed by atoms with Gasteiger partial charge in [-0.25, -0.2) is 22.4 Å². The van der Waals surface area contributed by atoms with Crippen molar-refractivity contribution in [3.8, 4) is 0 Å². The maximum atomic E-state index is 12.3. The lowest BCUT2D eigenvalue weighted by molar-refractivity contribution is -0.144. The van der Waals surface area contributed by atoms with E-state index in [1.807, 2.05) is 0 Å². The summed E-state index contributed by atoms with van der Waals surface area (Å²) >= 11 is 0. The van der Waals surface area contributed by atoms with Gasteiger partial charge in [-0.2, -0.15) is 0 Å². The molecular weight excluding hydrogens is 220 g/mol. The molecule has 1 heterocycles. The fourth-order valence-corrected chi connectivity index (χ4v) is 0.846. The summed E-state index contributed by atoms with van der Waals surface area (Å²) in [6.45, 7) is 0.943. The average Bonchev–Trinajstić information content (AvgIpc) is 2.46. The van der Waals surface area contributed by atoms with E-state index in [9.17, 15) is 22.4 Å². The van der Waals surface area contributed by atoms with Gasteiger partial charge < -0.3 is 4.84 Å². The van der Waals surface area contributed by atoms with Crippen molar-refractivity contribution < 1.29 is 27.2 Å². The molecular formula is C7H6F4N2O2. The molecule has 8 heteroatoms. The Morgan fingerprint density at radius 2 is 2.00 bits per heavy atom. The predicted molar refractivity (Wildman–Crippen MR) is 39.4 cm³/mol. The van der Waals surface area contributed by atoms with E-state index in [1.54, 1.807) is 0 Å². The van der Waals surface area contributed by atoms with Gasteiger partial charge in [0.1, 0.15) is 11.4 Å². The van der Waals surface area contributed by atoms with Crippen LogP contribution in [-0.2, 0) is 4.79 Å². The van der Waals surface area contributed by atoms with Crippen molar-refractivity contribution in [3.63, 3.8) is 0 Å². The van der Waals surface area contributed by atoms with Crippen molar-refractivity contribution in [2.75, 3.05) is 0 Å². The van der Waals surface area contributed by atoms with Crippen LogP contribution in [0, 0.1) is 0 Å². The molecule has 0 saturated heterocycles. The lowest BCUT2D eigenvalue weighted by atomic mass is 10.4. The molecule has 0 fully saturated rings. The maximum absolute atomic E-state index is 12.3. The van der Waals surface area contributed by atoms with Crippen molar-refractivity contribution in [3.05, 3.63) is 17.5 Å². The van der Waals surface area contributed by atoms with Crippen LogP contribution in [0.1, 0.15) is 31.2 Å². The van der Waals surface area contributed by atoms with Gasteiger partial charge in [0, 0.05) is 6.92 Å². The zero-order valence-electron chi connectivity index (χ0n) is 7.45. The summed E-state index contributed by atoms with van der Waals surface area (Å²) in [6.07, 6.45) is -6.05. The number of nitrogens with zero attached hydrogens (tertiary/aromatic N) is 2. The molecule has 0 aromatic carbocycles. The van der Waals surface area contributed by atoms with Gasteiger partial charge >= 0.3 is 5.97 Å². The molecule has 4 nitrogen and oxygen atoms in total. The van der Waals surface area contributed by atoms with E-state index in [0.29, 0.717) is 6.07 Å². The number of carbonyl (C=O) groups excluding carboxylic acids is 1. The van der Waals surface area contributed by atoms with Crippen LogP contribution in [0.4, 0.5) is 17.6 Å². The van der Waals surface area contributed by atoms with Crippen LogP contribution >= 0.6 is 0 Å². The number of halogens is 4. The minimum atomic E-state index is -3.05. The first-order chi connectivity index (χ1) is 6.91. The van der Waals surface area contributed by atoms with Gasteiger partial charge in [0.15, 0.2) is 0 Å². The normalized spacial score (nSPS) is 11.1. The molecule has 0 bridgehead atoms. The SMILES string of the molecule is CC(=O)On1nc(C(F)F)cc1C(F)F. The number of alkyl halides is 4. The molecule has 0 saturated carbocycles. The minimum absolute atomic E-state index is 0.106. The smallest absolute Gasteiger partial charge is 0.319 e. The highest BCUT2D eigenvalue weighted by Gasteiger charge is 2.22. The fourth-order valence-electron chi connectivity index (χ4n) is 0.846. The predicted octanol–water partition coefficient (Wildman–Crippen LogP) is 1.73. The van der Waals surface area contributed by atoms with Crippen LogP contribution in [0.25, 0.3) is 0 Å². The zero-order chi connectivity index (χ0) is 11.6. The van der Waals surface area contributed by atoms with Crippen LogP contribution < -0.4 is 4.84 Å². The number of aromatic nitrogens is 2. The highest BCUT2D eigenvalue weighted by Crippen LogP contribution is 2.24. The lowest BCUT2D eigenvalue weighted by Crippen LogP contribution is -2.20. The number of rotatable bonds is 3. The van der Waals surface area contributed by atoms with Gasteiger partial charge in [0.25, 0.3) is 12.9 Å². The van der Waals surface area contributed by atoms with Crippen molar-refractivity contribution in [1.82, 2.24) is 9.94 Å². The largest absolute Gasteiger partial charge is 0.331 e. The van der Waals surface area contributed by atoms with Crippen molar-refractivity contribution in [2.24, 2.45) is 0 Å². The van der Waals surface area contributed by atoms with Crippen LogP contribution in [-0.4, -0.2) is 15.9 Å². The first-order valence-electron chi connectivity index (χ1n) is 3.77. The van der Waals surface area contributed by atoms with Gasteiger partial charge in [-0.1, -0.05) is 4.85 Å². The Kier molecular flexibility index (Phi) is 3.28. The number of hydrogen-bond donors (Lipinski definition) is 0. The minimum Gasteiger partial charge on any atom is -0.319 e. The summed E-state index contributed by atoms with van der Waals surface area (Å²) in [4.78, 5) is 14.7. The third-order valence-corrected chi connectivity index (χ3v) is 1.39. The highest BCUT2D eigenvalue weighted by atomic mass is 19.3. The van der Waals surface area contributed by atoms with Gasteiger partial charge in [0.05, 0.1) is 0 Å². The zero-order valence-corrected chi connectivity index (χ0v) is 7.45. The summed E-state index contributed by atoms with van der Waals surface area (Å²) < 4.78 is 48.7.